The molecule has 0 heterocycles. The summed E-state index contributed by atoms with van der Waals surface area (Å²) in [6, 6.07) is 0.299. The normalized spacial score (nSPS) is 21.9. The van der Waals surface area contributed by atoms with Crippen molar-refractivity contribution >= 4 is 0 Å². The quantitative estimate of drug-likeness (QED) is 0.485. The first kappa shape index (κ1) is 11.0. The third kappa shape index (κ3) is 2.93. The van der Waals surface area contributed by atoms with Crippen LogP contribution in [0.15, 0.2) is 0 Å². The first-order chi connectivity index (χ1) is 6.20. The maximum Gasteiger partial charge on any atom is 0.0771 e. The zero-order valence-electron chi connectivity index (χ0n) is 8.92. The number of hydrazine groups is 1. The van der Waals surface area contributed by atoms with Crippen LogP contribution in [0.2, 0.25) is 0 Å². The van der Waals surface area contributed by atoms with Crippen molar-refractivity contribution in [2.24, 2.45) is 17.7 Å². The van der Waals surface area contributed by atoms with E-state index < -0.39 is 0 Å². The van der Waals surface area contributed by atoms with Crippen molar-refractivity contribution in [3.05, 3.63) is 0 Å². The fraction of sp³-hybridized carbons (Fsp3) is 1.00. The van der Waals surface area contributed by atoms with Crippen LogP contribution in [0.3, 0.4) is 0 Å². The monoisotopic (exact) mass is 186 g/mol. The Morgan fingerprint density at radius 1 is 1.46 bits per heavy atom. The second-order valence-electron chi connectivity index (χ2n) is 4.19. The number of hydrogen-bond acceptors (Lipinski definition) is 3. The molecule has 0 aliphatic heterocycles. The van der Waals surface area contributed by atoms with E-state index >= 15 is 0 Å². The maximum atomic E-state index is 5.74. The number of rotatable bonds is 6. The summed E-state index contributed by atoms with van der Waals surface area (Å²) in [6.07, 6.45) is 2.92. The molecule has 1 saturated carbocycles. The van der Waals surface area contributed by atoms with E-state index in [0.717, 1.165) is 12.5 Å². The average molecular weight is 186 g/mol. The summed E-state index contributed by atoms with van der Waals surface area (Å²) >= 11 is 0. The number of nitrogens with two attached hydrogens (primary N) is 1. The van der Waals surface area contributed by atoms with Gasteiger partial charge in [0.25, 0.3) is 0 Å². The van der Waals surface area contributed by atoms with Crippen molar-refractivity contribution in [1.29, 1.82) is 0 Å². The lowest BCUT2D eigenvalue weighted by molar-refractivity contribution is 0.00711. The van der Waals surface area contributed by atoms with E-state index in [1.165, 1.54) is 12.8 Å². The van der Waals surface area contributed by atoms with Crippen molar-refractivity contribution in [3.8, 4) is 0 Å². The van der Waals surface area contributed by atoms with Crippen molar-refractivity contribution in [2.75, 3.05) is 6.61 Å². The molecule has 78 valence electrons. The third-order valence-corrected chi connectivity index (χ3v) is 2.71. The first-order valence-electron chi connectivity index (χ1n) is 5.28. The molecular weight excluding hydrogens is 164 g/mol. The van der Waals surface area contributed by atoms with Crippen molar-refractivity contribution in [2.45, 2.75) is 45.8 Å². The molecule has 0 aromatic rings. The Kier molecular flexibility index (Phi) is 4.16. The lowest BCUT2D eigenvalue weighted by Crippen LogP contribution is -2.49. The number of ether oxygens (including phenoxy) is 1. The van der Waals surface area contributed by atoms with Crippen LogP contribution in [-0.2, 0) is 4.74 Å². The van der Waals surface area contributed by atoms with E-state index in [1.807, 2.05) is 6.92 Å². The van der Waals surface area contributed by atoms with E-state index in [4.69, 9.17) is 10.6 Å². The van der Waals surface area contributed by atoms with Gasteiger partial charge in [-0.2, -0.15) is 0 Å². The molecule has 0 saturated heterocycles. The Bertz CT molecular complexity index is 146. The van der Waals surface area contributed by atoms with Gasteiger partial charge in [0.05, 0.1) is 6.10 Å². The van der Waals surface area contributed by atoms with Gasteiger partial charge in [-0.05, 0) is 31.6 Å². The zero-order chi connectivity index (χ0) is 9.84. The topological polar surface area (TPSA) is 47.3 Å². The predicted octanol–water partition coefficient (Wildman–Crippen LogP) is 1.29. The molecule has 0 radical (unpaired) electrons. The molecule has 3 nitrogen and oxygen atoms in total. The summed E-state index contributed by atoms with van der Waals surface area (Å²) in [5, 5.41) is 0. The smallest absolute Gasteiger partial charge is 0.0771 e. The molecule has 2 unspecified atom stereocenters. The third-order valence-electron chi connectivity index (χ3n) is 2.71. The molecule has 3 N–H and O–H groups in total. The Morgan fingerprint density at radius 3 is 2.38 bits per heavy atom. The van der Waals surface area contributed by atoms with E-state index in [1.54, 1.807) is 0 Å². The zero-order valence-corrected chi connectivity index (χ0v) is 8.92. The van der Waals surface area contributed by atoms with Gasteiger partial charge in [-0.1, -0.05) is 13.8 Å². The summed E-state index contributed by atoms with van der Waals surface area (Å²) in [7, 11) is 0. The van der Waals surface area contributed by atoms with Crippen LogP contribution in [-0.4, -0.2) is 18.8 Å². The van der Waals surface area contributed by atoms with Crippen LogP contribution >= 0.6 is 0 Å². The molecule has 1 fully saturated rings. The summed E-state index contributed by atoms with van der Waals surface area (Å²) in [4.78, 5) is 0. The van der Waals surface area contributed by atoms with Crippen molar-refractivity contribution in [3.63, 3.8) is 0 Å². The van der Waals surface area contributed by atoms with Crippen LogP contribution in [0.5, 0.6) is 0 Å². The van der Waals surface area contributed by atoms with E-state index in [-0.39, 0.29) is 0 Å². The van der Waals surface area contributed by atoms with Crippen LogP contribution in [0.1, 0.15) is 33.6 Å². The highest BCUT2D eigenvalue weighted by atomic mass is 16.5. The molecular formula is C10H22N2O. The molecule has 13 heavy (non-hydrogen) atoms. The molecule has 2 atom stereocenters. The van der Waals surface area contributed by atoms with E-state index in [9.17, 15) is 0 Å². The molecule has 0 spiro atoms. The minimum atomic E-state index is 0.299. The summed E-state index contributed by atoms with van der Waals surface area (Å²) in [5.41, 5.74) is 2.88. The highest BCUT2D eigenvalue weighted by Gasteiger charge is 2.37. The summed E-state index contributed by atoms with van der Waals surface area (Å²) in [6.45, 7) is 7.19. The molecule has 0 aromatic carbocycles. The lowest BCUT2D eigenvalue weighted by Gasteiger charge is -2.29. The molecule has 0 aromatic heterocycles. The van der Waals surface area contributed by atoms with Crippen LogP contribution < -0.4 is 11.3 Å². The Labute approximate surface area is 81.0 Å². The Hall–Kier alpha value is -0.120. The second-order valence-corrected chi connectivity index (χ2v) is 4.19. The van der Waals surface area contributed by atoms with Gasteiger partial charge >= 0.3 is 0 Å². The first-order valence-corrected chi connectivity index (χ1v) is 5.28. The minimum Gasteiger partial charge on any atom is -0.377 e. The maximum absolute atomic E-state index is 5.74. The summed E-state index contributed by atoms with van der Waals surface area (Å²) in [5.74, 6) is 6.81. The molecule has 1 aliphatic carbocycles. The molecule has 1 rings (SSSR count). The van der Waals surface area contributed by atoms with Crippen LogP contribution in [0, 0.1) is 11.8 Å². The highest BCUT2D eigenvalue weighted by Crippen LogP contribution is 2.37. The molecule has 0 amide bonds. The SMILES string of the molecule is CCOC(C1CC1)C(NN)C(C)C. The van der Waals surface area contributed by atoms with Crippen molar-refractivity contribution in [1.82, 2.24) is 5.43 Å². The number of hydrogen-bond donors (Lipinski definition) is 2. The molecule has 1 aliphatic rings. The van der Waals surface area contributed by atoms with Gasteiger partial charge in [-0.25, -0.2) is 0 Å². The largest absolute Gasteiger partial charge is 0.377 e. The minimum absolute atomic E-state index is 0.299. The summed E-state index contributed by atoms with van der Waals surface area (Å²) < 4.78 is 5.74. The van der Waals surface area contributed by atoms with Crippen LogP contribution in [0.4, 0.5) is 0 Å². The Balaban J connectivity index is 2.48. The van der Waals surface area contributed by atoms with Gasteiger partial charge in [-0.15, -0.1) is 0 Å². The van der Waals surface area contributed by atoms with Gasteiger partial charge in [0.15, 0.2) is 0 Å². The van der Waals surface area contributed by atoms with Gasteiger partial charge in [-0.3, -0.25) is 11.3 Å². The second kappa shape index (κ2) is 4.94. The standard InChI is InChI=1S/C10H22N2O/c1-4-13-10(8-5-6-8)9(12-11)7(2)3/h7-10,12H,4-6,11H2,1-3H3. The predicted molar refractivity (Wildman–Crippen MR) is 54.1 cm³/mol. The van der Waals surface area contributed by atoms with Crippen LogP contribution in [0.25, 0.3) is 0 Å². The van der Waals surface area contributed by atoms with Gasteiger partial charge in [0.2, 0.25) is 0 Å². The molecule has 3 heteroatoms. The van der Waals surface area contributed by atoms with Gasteiger partial charge < -0.3 is 4.74 Å². The number of nitrogens with one attached hydrogen (secondary N) is 1. The average Bonchev–Trinajstić information content (AvgIpc) is 2.86. The lowest BCUT2D eigenvalue weighted by atomic mass is 9.96. The fourth-order valence-electron chi connectivity index (χ4n) is 1.82. The fourth-order valence-corrected chi connectivity index (χ4v) is 1.82. The van der Waals surface area contributed by atoms with Gasteiger partial charge in [0.1, 0.15) is 0 Å². The Morgan fingerprint density at radius 2 is 2.08 bits per heavy atom. The highest BCUT2D eigenvalue weighted by molar-refractivity contribution is 4.90. The molecule has 0 bridgehead atoms. The van der Waals surface area contributed by atoms with E-state index in [2.05, 4.69) is 19.3 Å². The van der Waals surface area contributed by atoms with E-state index in [0.29, 0.717) is 18.1 Å². The van der Waals surface area contributed by atoms with Crippen molar-refractivity contribution < 1.29 is 4.74 Å². The van der Waals surface area contributed by atoms with Gasteiger partial charge in [0, 0.05) is 12.6 Å².